The van der Waals surface area contributed by atoms with Gasteiger partial charge in [0.25, 0.3) is 0 Å². The first-order valence-corrected chi connectivity index (χ1v) is 15.4. The summed E-state index contributed by atoms with van der Waals surface area (Å²) in [4.78, 5) is 27.9. The number of carbonyl (C=O) groups excluding carboxylic acids is 2. The fourth-order valence-corrected chi connectivity index (χ4v) is 5.19. The van der Waals surface area contributed by atoms with Gasteiger partial charge in [0.2, 0.25) is 21.8 Å². The number of anilines is 1. The molecule has 1 N–H and O–H groups in total. The quantitative estimate of drug-likeness (QED) is 0.245. The largest absolute Gasteiger partial charge is 0.457 e. The molecule has 40 heavy (non-hydrogen) atoms. The SMILES string of the molecule is CCCCNC(=O)[C@@H](C)N(Cc1ccc(Cl)cc1Cl)C(=O)CN(c1ccc(Oc2ccccc2)cc1)S(C)(=O)=O. The van der Waals surface area contributed by atoms with Gasteiger partial charge in [0, 0.05) is 23.1 Å². The molecule has 3 aromatic carbocycles. The molecule has 0 unspecified atom stereocenters. The van der Waals surface area contributed by atoms with Crippen molar-refractivity contribution in [2.75, 3.05) is 23.7 Å². The zero-order valence-electron chi connectivity index (χ0n) is 22.6. The first-order chi connectivity index (χ1) is 19.0. The van der Waals surface area contributed by atoms with Crippen molar-refractivity contribution < 1.29 is 22.7 Å². The second kappa shape index (κ2) is 14.4. The van der Waals surface area contributed by atoms with Crippen LogP contribution in [0.25, 0.3) is 0 Å². The van der Waals surface area contributed by atoms with E-state index < -0.39 is 28.5 Å². The van der Waals surface area contributed by atoms with Gasteiger partial charge in [0.05, 0.1) is 11.9 Å². The van der Waals surface area contributed by atoms with Crippen LogP contribution in [0.15, 0.2) is 72.8 Å². The maximum Gasteiger partial charge on any atom is 0.244 e. The number of unbranched alkanes of at least 4 members (excludes halogenated alkanes) is 1. The molecular formula is C29H33Cl2N3O5S. The molecular weight excluding hydrogens is 573 g/mol. The number of benzene rings is 3. The Labute approximate surface area is 245 Å². The number of amides is 2. The Morgan fingerprint density at radius 1 is 0.975 bits per heavy atom. The first-order valence-electron chi connectivity index (χ1n) is 12.8. The lowest BCUT2D eigenvalue weighted by molar-refractivity contribution is -0.139. The Morgan fingerprint density at radius 2 is 1.62 bits per heavy atom. The Morgan fingerprint density at radius 3 is 2.23 bits per heavy atom. The lowest BCUT2D eigenvalue weighted by atomic mass is 10.1. The van der Waals surface area contributed by atoms with Crippen molar-refractivity contribution in [1.82, 2.24) is 10.2 Å². The molecule has 8 nitrogen and oxygen atoms in total. The minimum Gasteiger partial charge on any atom is -0.457 e. The van der Waals surface area contributed by atoms with E-state index in [4.69, 9.17) is 27.9 Å². The van der Waals surface area contributed by atoms with E-state index in [1.165, 1.54) is 4.90 Å². The molecule has 0 saturated carbocycles. The van der Waals surface area contributed by atoms with E-state index in [0.717, 1.165) is 23.4 Å². The summed E-state index contributed by atoms with van der Waals surface area (Å²) in [5.41, 5.74) is 0.849. The van der Waals surface area contributed by atoms with Crippen molar-refractivity contribution >= 4 is 50.7 Å². The van der Waals surface area contributed by atoms with E-state index >= 15 is 0 Å². The van der Waals surface area contributed by atoms with Crippen LogP contribution in [0.4, 0.5) is 5.69 Å². The van der Waals surface area contributed by atoms with Gasteiger partial charge < -0.3 is 15.0 Å². The number of hydrogen-bond donors (Lipinski definition) is 1. The molecule has 0 aromatic heterocycles. The van der Waals surface area contributed by atoms with Crippen LogP contribution >= 0.6 is 23.2 Å². The van der Waals surface area contributed by atoms with Crippen molar-refractivity contribution in [1.29, 1.82) is 0 Å². The number of sulfonamides is 1. The summed E-state index contributed by atoms with van der Waals surface area (Å²) in [6.07, 6.45) is 2.72. The van der Waals surface area contributed by atoms with E-state index in [0.29, 0.717) is 33.7 Å². The van der Waals surface area contributed by atoms with Gasteiger partial charge in [0.15, 0.2) is 0 Å². The highest BCUT2D eigenvalue weighted by Crippen LogP contribution is 2.27. The highest BCUT2D eigenvalue weighted by Gasteiger charge is 2.30. The molecule has 2 amide bonds. The van der Waals surface area contributed by atoms with Crippen LogP contribution < -0.4 is 14.4 Å². The molecule has 3 rings (SSSR count). The van der Waals surface area contributed by atoms with Gasteiger partial charge in [-0.3, -0.25) is 13.9 Å². The predicted molar refractivity (Wildman–Crippen MR) is 160 cm³/mol. The third kappa shape index (κ3) is 8.87. The fraction of sp³-hybridized carbons (Fsp3) is 0.310. The average Bonchev–Trinajstić information content (AvgIpc) is 2.91. The zero-order valence-corrected chi connectivity index (χ0v) is 25.0. The van der Waals surface area contributed by atoms with Gasteiger partial charge in [-0.2, -0.15) is 0 Å². The van der Waals surface area contributed by atoms with Crippen LogP contribution in [0.2, 0.25) is 10.0 Å². The van der Waals surface area contributed by atoms with Crippen molar-refractivity contribution in [2.45, 2.75) is 39.3 Å². The molecule has 0 heterocycles. The monoisotopic (exact) mass is 605 g/mol. The minimum absolute atomic E-state index is 0.0152. The molecule has 3 aromatic rings. The Bertz CT molecular complexity index is 1400. The molecule has 0 bridgehead atoms. The summed E-state index contributed by atoms with van der Waals surface area (Å²) >= 11 is 12.4. The molecule has 0 aliphatic carbocycles. The van der Waals surface area contributed by atoms with Crippen molar-refractivity contribution in [3.8, 4) is 11.5 Å². The molecule has 0 saturated heterocycles. The van der Waals surface area contributed by atoms with Gasteiger partial charge in [-0.05, 0) is 67.4 Å². The van der Waals surface area contributed by atoms with Crippen molar-refractivity contribution in [3.05, 3.63) is 88.4 Å². The third-order valence-corrected chi connectivity index (χ3v) is 7.86. The van der Waals surface area contributed by atoms with Crippen LogP contribution in [-0.2, 0) is 26.2 Å². The van der Waals surface area contributed by atoms with Crippen molar-refractivity contribution in [3.63, 3.8) is 0 Å². The number of rotatable bonds is 13. The number of para-hydroxylation sites is 1. The number of hydrogen-bond acceptors (Lipinski definition) is 5. The van der Waals surface area contributed by atoms with Gasteiger partial charge in [-0.15, -0.1) is 0 Å². The molecule has 11 heteroatoms. The predicted octanol–water partition coefficient (Wildman–Crippen LogP) is 5.89. The van der Waals surface area contributed by atoms with E-state index in [2.05, 4.69) is 5.32 Å². The summed E-state index contributed by atoms with van der Waals surface area (Å²) in [7, 11) is -3.87. The summed E-state index contributed by atoms with van der Waals surface area (Å²) in [5.74, 6) is 0.221. The normalized spacial score (nSPS) is 11.9. The average molecular weight is 607 g/mol. The second-order valence-electron chi connectivity index (χ2n) is 9.26. The molecule has 0 aliphatic rings. The number of ether oxygens (including phenoxy) is 1. The van der Waals surface area contributed by atoms with Gasteiger partial charge in [-0.25, -0.2) is 8.42 Å². The Kier molecular flexibility index (Phi) is 11.2. The standard InChI is InChI=1S/C29H33Cl2N3O5S/c1-4-5-17-32-29(36)21(2)33(19-22-11-12-23(30)18-27(22)31)28(35)20-34(40(3,37)38)24-13-15-26(16-14-24)39-25-9-7-6-8-10-25/h6-16,18,21H,4-5,17,19-20H2,1-3H3,(H,32,36)/t21-/m1/s1. The molecule has 0 spiro atoms. The summed E-state index contributed by atoms with van der Waals surface area (Å²) < 4.78 is 32.4. The van der Waals surface area contributed by atoms with Crippen LogP contribution in [-0.4, -0.2) is 50.5 Å². The number of nitrogens with one attached hydrogen (secondary N) is 1. The summed E-state index contributed by atoms with van der Waals surface area (Å²) in [6, 6.07) is 19.5. The molecule has 1 atom stereocenters. The van der Waals surface area contributed by atoms with Crippen LogP contribution in [0.1, 0.15) is 32.3 Å². The fourth-order valence-electron chi connectivity index (χ4n) is 3.87. The second-order valence-corrected chi connectivity index (χ2v) is 12.0. The number of halogens is 2. The maximum absolute atomic E-state index is 13.7. The van der Waals surface area contributed by atoms with E-state index in [1.54, 1.807) is 61.5 Å². The first kappa shape index (κ1) is 31.3. The Balaban J connectivity index is 1.86. The highest BCUT2D eigenvalue weighted by molar-refractivity contribution is 7.92. The van der Waals surface area contributed by atoms with Gasteiger partial charge in [-0.1, -0.05) is 60.8 Å². The maximum atomic E-state index is 13.7. The van der Waals surface area contributed by atoms with E-state index in [1.807, 2.05) is 25.1 Å². The van der Waals surface area contributed by atoms with Crippen LogP contribution in [0, 0.1) is 0 Å². The number of nitrogens with zero attached hydrogens (tertiary/aromatic N) is 2. The highest BCUT2D eigenvalue weighted by atomic mass is 35.5. The van der Waals surface area contributed by atoms with Crippen LogP contribution in [0.3, 0.4) is 0 Å². The number of carbonyl (C=O) groups is 2. The smallest absolute Gasteiger partial charge is 0.244 e. The van der Waals surface area contributed by atoms with Crippen molar-refractivity contribution in [2.24, 2.45) is 0 Å². The van der Waals surface area contributed by atoms with Crippen LogP contribution in [0.5, 0.6) is 11.5 Å². The zero-order chi connectivity index (χ0) is 29.3. The van der Waals surface area contributed by atoms with Gasteiger partial charge in [0.1, 0.15) is 24.1 Å². The lowest BCUT2D eigenvalue weighted by Crippen LogP contribution is -2.51. The molecule has 0 radical (unpaired) electrons. The van der Waals surface area contributed by atoms with Gasteiger partial charge >= 0.3 is 0 Å². The summed E-state index contributed by atoms with van der Waals surface area (Å²) in [6.45, 7) is 3.54. The van der Waals surface area contributed by atoms with E-state index in [-0.39, 0.29) is 18.1 Å². The minimum atomic E-state index is -3.87. The topological polar surface area (TPSA) is 96.0 Å². The molecule has 214 valence electrons. The molecule has 0 aliphatic heterocycles. The molecule has 0 fully saturated rings. The van der Waals surface area contributed by atoms with E-state index in [9.17, 15) is 18.0 Å². The third-order valence-electron chi connectivity index (χ3n) is 6.14. The Hall–Kier alpha value is -3.27. The lowest BCUT2D eigenvalue weighted by Gasteiger charge is -2.31. The summed E-state index contributed by atoms with van der Waals surface area (Å²) in [5, 5.41) is 3.60.